The largest absolute Gasteiger partial charge is 0.495 e. The third-order valence-corrected chi connectivity index (χ3v) is 4.64. The summed E-state index contributed by atoms with van der Waals surface area (Å²) in [5.74, 6) is 0.654. The molecule has 0 bridgehead atoms. The molecule has 2 fully saturated rings. The summed E-state index contributed by atoms with van der Waals surface area (Å²) in [6.07, 6.45) is 1.51. The van der Waals surface area contributed by atoms with E-state index in [-0.39, 0.29) is 17.9 Å². The SMILES string of the molecule is COc1ccccc1NC(=O)CN1CCN(C(=O)[C@H]2CCCO2)CC1. The van der Waals surface area contributed by atoms with Gasteiger partial charge >= 0.3 is 0 Å². The second kappa shape index (κ2) is 8.31. The van der Waals surface area contributed by atoms with Crippen LogP contribution in [0.3, 0.4) is 0 Å². The summed E-state index contributed by atoms with van der Waals surface area (Å²) in [6.45, 7) is 3.65. The van der Waals surface area contributed by atoms with Crippen LogP contribution in [0.1, 0.15) is 12.8 Å². The molecule has 2 saturated heterocycles. The highest BCUT2D eigenvalue weighted by Gasteiger charge is 2.30. The zero-order valence-electron chi connectivity index (χ0n) is 14.6. The van der Waals surface area contributed by atoms with E-state index in [9.17, 15) is 9.59 Å². The molecule has 0 spiro atoms. The van der Waals surface area contributed by atoms with Gasteiger partial charge in [0.25, 0.3) is 5.91 Å². The monoisotopic (exact) mass is 347 g/mol. The number of anilines is 1. The first kappa shape index (κ1) is 17.7. The Kier molecular flexibility index (Phi) is 5.88. The fraction of sp³-hybridized carbons (Fsp3) is 0.556. The molecular formula is C18H25N3O4. The Bertz CT molecular complexity index is 608. The van der Waals surface area contributed by atoms with E-state index in [0.29, 0.717) is 50.8 Å². The molecule has 0 saturated carbocycles. The Morgan fingerprint density at radius 3 is 2.68 bits per heavy atom. The van der Waals surface area contributed by atoms with Gasteiger partial charge in [0.2, 0.25) is 5.91 Å². The van der Waals surface area contributed by atoms with Crippen LogP contribution in [0.25, 0.3) is 0 Å². The van der Waals surface area contributed by atoms with Crippen LogP contribution in [0, 0.1) is 0 Å². The van der Waals surface area contributed by atoms with Gasteiger partial charge in [0.05, 0.1) is 19.3 Å². The third-order valence-electron chi connectivity index (χ3n) is 4.64. The number of ether oxygens (including phenoxy) is 2. The first-order chi connectivity index (χ1) is 12.2. The van der Waals surface area contributed by atoms with Gasteiger partial charge in [-0.3, -0.25) is 14.5 Å². The lowest BCUT2D eigenvalue weighted by molar-refractivity contribution is -0.142. The number of para-hydroxylation sites is 2. The molecule has 136 valence electrons. The molecule has 2 heterocycles. The van der Waals surface area contributed by atoms with E-state index in [2.05, 4.69) is 10.2 Å². The van der Waals surface area contributed by atoms with E-state index >= 15 is 0 Å². The van der Waals surface area contributed by atoms with E-state index in [0.717, 1.165) is 12.8 Å². The number of hydrogen-bond acceptors (Lipinski definition) is 5. The summed E-state index contributed by atoms with van der Waals surface area (Å²) in [4.78, 5) is 28.5. The van der Waals surface area contributed by atoms with Crippen LogP contribution in [0.2, 0.25) is 0 Å². The fourth-order valence-corrected chi connectivity index (χ4v) is 3.24. The lowest BCUT2D eigenvalue weighted by atomic mass is 10.2. The van der Waals surface area contributed by atoms with Crippen molar-refractivity contribution in [3.63, 3.8) is 0 Å². The van der Waals surface area contributed by atoms with E-state index in [1.807, 2.05) is 29.2 Å². The Hall–Kier alpha value is -2.12. The number of rotatable bonds is 5. The summed E-state index contributed by atoms with van der Waals surface area (Å²) < 4.78 is 10.7. The highest BCUT2D eigenvalue weighted by molar-refractivity contribution is 5.93. The Balaban J connectivity index is 1.45. The number of carbonyl (C=O) groups excluding carboxylic acids is 2. The van der Waals surface area contributed by atoms with E-state index < -0.39 is 0 Å². The molecule has 3 rings (SSSR count). The highest BCUT2D eigenvalue weighted by atomic mass is 16.5. The van der Waals surface area contributed by atoms with Crippen LogP contribution in [0.4, 0.5) is 5.69 Å². The lowest BCUT2D eigenvalue weighted by Crippen LogP contribution is -2.52. The number of piperazine rings is 1. The van der Waals surface area contributed by atoms with Crippen molar-refractivity contribution in [2.24, 2.45) is 0 Å². The maximum absolute atomic E-state index is 12.3. The fourth-order valence-electron chi connectivity index (χ4n) is 3.24. The Morgan fingerprint density at radius 1 is 1.24 bits per heavy atom. The molecule has 7 nitrogen and oxygen atoms in total. The second-order valence-corrected chi connectivity index (χ2v) is 6.35. The first-order valence-corrected chi connectivity index (χ1v) is 8.73. The Labute approximate surface area is 147 Å². The quantitative estimate of drug-likeness (QED) is 0.859. The van der Waals surface area contributed by atoms with Crippen LogP contribution in [-0.4, -0.2) is 74.2 Å². The first-order valence-electron chi connectivity index (χ1n) is 8.73. The van der Waals surface area contributed by atoms with Crippen molar-refractivity contribution in [2.45, 2.75) is 18.9 Å². The summed E-state index contributed by atoms with van der Waals surface area (Å²) in [7, 11) is 1.58. The normalized spacial score (nSPS) is 21.2. The third kappa shape index (κ3) is 4.49. The van der Waals surface area contributed by atoms with Crippen molar-refractivity contribution < 1.29 is 19.1 Å². The van der Waals surface area contributed by atoms with Crippen molar-refractivity contribution in [1.82, 2.24) is 9.80 Å². The van der Waals surface area contributed by atoms with Gasteiger partial charge in [-0.15, -0.1) is 0 Å². The second-order valence-electron chi connectivity index (χ2n) is 6.35. The summed E-state index contributed by atoms with van der Waals surface area (Å²) >= 11 is 0. The average molecular weight is 347 g/mol. The number of amides is 2. The molecule has 2 amide bonds. The van der Waals surface area contributed by atoms with Gasteiger partial charge in [-0.2, -0.15) is 0 Å². The van der Waals surface area contributed by atoms with Crippen molar-refractivity contribution >= 4 is 17.5 Å². The summed E-state index contributed by atoms with van der Waals surface area (Å²) in [6, 6.07) is 7.34. The highest BCUT2D eigenvalue weighted by Crippen LogP contribution is 2.23. The summed E-state index contributed by atoms with van der Waals surface area (Å²) in [5, 5.41) is 2.88. The van der Waals surface area contributed by atoms with E-state index in [4.69, 9.17) is 9.47 Å². The molecular weight excluding hydrogens is 322 g/mol. The molecule has 1 aromatic rings. The van der Waals surface area contributed by atoms with Crippen LogP contribution in [0.5, 0.6) is 5.75 Å². The molecule has 2 aliphatic rings. The van der Waals surface area contributed by atoms with Gasteiger partial charge in [0.1, 0.15) is 11.9 Å². The molecule has 7 heteroatoms. The van der Waals surface area contributed by atoms with Gasteiger partial charge < -0.3 is 19.7 Å². The molecule has 0 aromatic heterocycles. The minimum Gasteiger partial charge on any atom is -0.495 e. The van der Waals surface area contributed by atoms with E-state index in [1.165, 1.54) is 0 Å². The zero-order valence-corrected chi connectivity index (χ0v) is 14.6. The van der Waals surface area contributed by atoms with Crippen molar-refractivity contribution in [3.8, 4) is 5.75 Å². The summed E-state index contributed by atoms with van der Waals surface area (Å²) in [5.41, 5.74) is 0.669. The average Bonchev–Trinajstić information content (AvgIpc) is 3.17. The van der Waals surface area contributed by atoms with Gasteiger partial charge in [-0.05, 0) is 25.0 Å². The molecule has 0 unspecified atom stereocenters. The van der Waals surface area contributed by atoms with Crippen molar-refractivity contribution in [2.75, 3.05) is 51.8 Å². The number of nitrogens with one attached hydrogen (secondary N) is 1. The molecule has 0 radical (unpaired) electrons. The van der Waals surface area contributed by atoms with Gasteiger partial charge in [0, 0.05) is 32.8 Å². The molecule has 1 N–H and O–H groups in total. The molecule has 1 atom stereocenters. The van der Waals surface area contributed by atoms with Crippen LogP contribution < -0.4 is 10.1 Å². The molecule has 2 aliphatic heterocycles. The van der Waals surface area contributed by atoms with Gasteiger partial charge in [-0.1, -0.05) is 12.1 Å². The van der Waals surface area contributed by atoms with Crippen molar-refractivity contribution in [3.05, 3.63) is 24.3 Å². The standard InChI is InChI=1S/C18H25N3O4/c1-24-15-6-3-2-5-14(15)19-17(22)13-20-8-10-21(11-9-20)18(23)16-7-4-12-25-16/h2-3,5-6,16H,4,7-13H2,1H3,(H,19,22)/t16-/m1/s1. The maximum Gasteiger partial charge on any atom is 0.251 e. The van der Waals surface area contributed by atoms with E-state index in [1.54, 1.807) is 7.11 Å². The lowest BCUT2D eigenvalue weighted by Gasteiger charge is -2.35. The smallest absolute Gasteiger partial charge is 0.251 e. The van der Waals surface area contributed by atoms with Gasteiger partial charge in [-0.25, -0.2) is 0 Å². The van der Waals surface area contributed by atoms with Crippen LogP contribution in [-0.2, 0) is 14.3 Å². The Morgan fingerprint density at radius 2 is 2.00 bits per heavy atom. The van der Waals surface area contributed by atoms with Gasteiger partial charge in [0.15, 0.2) is 0 Å². The molecule has 0 aliphatic carbocycles. The predicted molar refractivity (Wildman–Crippen MR) is 93.6 cm³/mol. The number of methoxy groups -OCH3 is 1. The van der Waals surface area contributed by atoms with Crippen molar-refractivity contribution in [1.29, 1.82) is 0 Å². The molecule has 1 aromatic carbocycles. The maximum atomic E-state index is 12.3. The van der Waals surface area contributed by atoms with Crippen LogP contribution in [0.15, 0.2) is 24.3 Å². The molecule has 25 heavy (non-hydrogen) atoms. The zero-order chi connectivity index (χ0) is 17.6. The van der Waals surface area contributed by atoms with Crippen LogP contribution >= 0.6 is 0 Å². The number of benzene rings is 1. The number of nitrogens with zero attached hydrogens (tertiary/aromatic N) is 2. The number of hydrogen-bond donors (Lipinski definition) is 1. The minimum atomic E-state index is -0.264. The minimum absolute atomic E-state index is 0.0802. The number of carbonyl (C=O) groups is 2. The topological polar surface area (TPSA) is 71.1 Å². The predicted octanol–water partition coefficient (Wildman–Crippen LogP) is 0.957.